The number of fused-ring (bicyclic) bond motifs is 1. The second-order valence-corrected chi connectivity index (χ2v) is 7.59. The van der Waals surface area contributed by atoms with Crippen LogP contribution in [0.15, 0.2) is 36.4 Å². The third-order valence-electron chi connectivity index (χ3n) is 5.44. The fourth-order valence-electron chi connectivity index (χ4n) is 3.88. The molecule has 1 fully saturated rings. The van der Waals surface area contributed by atoms with Gasteiger partial charge in [-0.1, -0.05) is 12.1 Å². The molecule has 0 unspecified atom stereocenters. The van der Waals surface area contributed by atoms with Crippen molar-refractivity contribution in [1.82, 2.24) is 5.32 Å². The van der Waals surface area contributed by atoms with Gasteiger partial charge in [0.1, 0.15) is 5.75 Å². The molecule has 2 N–H and O–H groups in total. The summed E-state index contributed by atoms with van der Waals surface area (Å²) in [6, 6.07) is 8.46. The lowest BCUT2D eigenvalue weighted by Gasteiger charge is -2.31. The molecular formula is C22H22F3N3O3. The van der Waals surface area contributed by atoms with Crippen molar-refractivity contribution in [2.75, 3.05) is 29.9 Å². The summed E-state index contributed by atoms with van der Waals surface area (Å²) in [4.78, 5) is 26.4. The number of hydrogen-bond acceptors (Lipinski definition) is 4. The van der Waals surface area contributed by atoms with Crippen LogP contribution >= 0.6 is 0 Å². The highest BCUT2D eigenvalue weighted by Gasteiger charge is 2.32. The minimum Gasteiger partial charge on any atom is -0.482 e. The van der Waals surface area contributed by atoms with Gasteiger partial charge in [0.05, 0.1) is 16.8 Å². The largest absolute Gasteiger partial charge is 0.482 e. The van der Waals surface area contributed by atoms with Crippen LogP contribution in [0.25, 0.3) is 0 Å². The second kappa shape index (κ2) is 8.49. The van der Waals surface area contributed by atoms with Gasteiger partial charge in [-0.15, -0.1) is 0 Å². The Morgan fingerprint density at radius 2 is 1.90 bits per heavy atom. The number of halogens is 3. The monoisotopic (exact) mass is 433 g/mol. The van der Waals surface area contributed by atoms with Crippen LogP contribution in [0, 0.1) is 0 Å². The topological polar surface area (TPSA) is 70.7 Å². The van der Waals surface area contributed by atoms with E-state index in [2.05, 4.69) is 10.6 Å². The van der Waals surface area contributed by atoms with E-state index in [1.165, 1.54) is 6.07 Å². The standard InChI is InChI=1S/C22H22F3N3O3/c23-22(24,25)15-8-7-14(17(11-15)28-9-2-1-3-10-28)12-26-21(30)16-5-4-6-18-20(16)27-19(29)13-31-18/h4-8,11H,1-3,9-10,12-13H2,(H,26,30)(H,27,29). The van der Waals surface area contributed by atoms with E-state index in [4.69, 9.17) is 4.74 Å². The summed E-state index contributed by atoms with van der Waals surface area (Å²) in [5.74, 6) is -0.411. The van der Waals surface area contributed by atoms with Crippen LogP contribution in [0.4, 0.5) is 24.5 Å². The quantitative estimate of drug-likeness (QED) is 0.766. The summed E-state index contributed by atoms with van der Waals surface area (Å²) in [6.07, 6.45) is -1.56. The molecule has 2 amide bonds. The van der Waals surface area contributed by atoms with Gasteiger partial charge in [0, 0.05) is 25.3 Å². The van der Waals surface area contributed by atoms with E-state index in [1.807, 2.05) is 4.90 Å². The van der Waals surface area contributed by atoms with Gasteiger partial charge >= 0.3 is 6.18 Å². The van der Waals surface area contributed by atoms with E-state index in [9.17, 15) is 22.8 Å². The molecule has 0 radical (unpaired) electrons. The molecule has 2 aliphatic rings. The lowest BCUT2D eigenvalue weighted by atomic mass is 10.0. The van der Waals surface area contributed by atoms with E-state index in [1.54, 1.807) is 18.2 Å². The summed E-state index contributed by atoms with van der Waals surface area (Å²) >= 11 is 0. The first-order valence-corrected chi connectivity index (χ1v) is 10.1. The van der Waals surface area contributed by atoms with E-state index >= 15 is 0 Å². The number of alkyl halides is 3. The first-order chi connectivity index (χ1) is 14.8. The first-order valence-electron chi connectivity index (χ1n) is 10.1. The predicted octanol–water partition coefficient (Wildman–Crippen LogP) is 3.96. The Hall–Kier alpha value is -3.23. The summed E-state index contributed by atoms with van der Waals surface area (Å²) in [7, 11) is 0. The van der Waals surface area contributed by atoms with Crippen molar-refractivity contribution in [2.24, 2.45) is 0 Å². The van der Waals surface area contributed by atoms with Gasteiger partial charge in [-0.2, -0.15) is 13.2 Å². The number of rotatable bonds is 4. The number of hydrogen-bond donors (Lipinski definition) is 2. The summed E-state index contributed by atoms with van der Waals surface area (Å²) in [5, 5.41) is 5.40. The molecule has 1 saturated heterocycles. The number of carbonyl (C=O) groups excluding carboxylic acids is 2. The molecule has 6 nitrogen and oxygen atoms in total. The average Bonchev–Trinajstić information content (AvgIpc) is 2.77. The zero-order valence-electron chi connectivity index (χ0n) is 16.7. The number of carbonyl (C=O) groups is 2. The summed E-state index contributed by atoms with van der Waals surface area (Å²) in [6.45, 7) is 1.29. The predicted molar refractivity (Wildman–Crippen MR) is 109 cm³/mol. The molecular weight excluding hydrogens is 411 g/mol. The normalized spacial score (nSPS) is 16.2. The Labute approximate surface area is 177 Å². The van der Waals surface area contributed by atoms with Gasteiger partial charge in [0.15, 0.2) is 6.61 Å². The molecule has 2 aromatic carbocycles. The Morgan fingerprint density at radius 1 is 1.13 bits per heavy atom. The van der Waals surface area contributed by atoms with E-state index in [-0.39, 0.29) is 24.6 Å². The van der Waals surface area contributed by atoms with Crippen molar-refractivity contribution in [3.8, 4) is 5.75 Å². The number of benzene rings is 2. The Balaban J connectivity index is 1.57. The van der Waals surface area contributed by atoms with Crippen LogP contribution in [0.2, 0.25) is 0 Å². The van der Waals surface area contributed by atoms with Crippen molar-refractivity contribution in [3.05, 3.63) is 53.1 Å². The van der Waals surface area contributed by atoms with Crippen molar-refractivity contribution >= 4 is 23.2 Å². The van der Waals surface area contributed by atoms with Crippen molar-refractivity contribution in [1.29, 1.82) is 0 Å². The minimum absolute atomic E-state index is 0.0568. The molecule has 2 aromatic rings. The Kier molecular flexibility index (Phi) is 5.75. The zero-order chi connectivity index (χ0) is 22.0. The maximum Gasteiger partial charge on any atom is 0.416 e. The van der Waals surface area contributed by atoms with Crippen LogP contribution < -0.4 is 20.3 Å². The average molecular weight is 433 g/mol. The van der Waals surface area contributed by atoms with Crippen LogP contribution in [0.1, 0.15) is 40.7 Å². The van der Waals surface area contributed by atoms with Gasteiger partial charge in [-0.05, 0) is 49.1 Å². The molecule has 2 aliphatic heterocycles. The maximum absolute atomic E-state index is 13.3. The number of ether oxygens (including phenoxy) is 1. The van der Waals surface area contributed by atoms with E-state index < -0.39 is 17.6 Å². The maximum atomic E-state index is 13.3. The Bertz CT molecular complexity index is 1000. The number of piperidine rings is 1. The molecule has 31 heavy (non-hydrogen) atoms. The molecule has 164 valence electrons. The van der Waals surface area contributed by atoms with Gasteiger partial charge < -0.3 is 20.3 Å². The fraction of sp³-hybridized carbons (Fsp3) is 0.364. The lowest BCUT2D eigenvalue weighted by molar-refractivity contribution is -0.137. The number of nitrogens with one attached hydrogen (secondary N) is 2. The highest BCUT2D eigenvalue weighted by Crippen LogP contribution is 2.35. The van der Waals surface area contributed by atoms with Crippen LogP contribution in [0.5, 0.6) is 5.75 Å². The van der Waals surface area contributed by atoms with E-state index in [0.29, 0.717) is 35.8 Å². The Morgan fingerprint density at radius 3 is 2.65 bits per heavy atom. The molecule has 9 heteroatoms. The van der Waals surface area contributed by atoms with Crippen LogP contribution in [-0.2, 0) is 17.5 Å². The van der Waals surface area contributed by atoms with Gasteiger partial charge in [-0.25, -0.2) is 0 Å². The van der Waals surface area contributed by atoms with E-state index in [0.717, 1.165) is 31.4 Å². The van der Waals surface area contributed by atoms with Crippen LogP contribution in [0.3, 0.4) is 0 Å². The number of nitrogens with zero attached hydrogens (tertiary/aromatic N) is 1. The molecule has 0 aliphatic carbocycles. The summed E-state index contributed by atoms with van der Waals surface area (Å²) in [5.41, 5.74) is 0.909. The van der Waals surface area contributed by atoms with Crippen molar-refractivity contribution in [3.63, 3.8) is 0 Å². The van der Waals surface area contributed by atoms with Gasteiger partial charge in [0.2, 0.25) is 0 Å². The molecule has 2 heterocycles. The number of para-hydroxylation sites is 1. The smallest absolute Gasteiger partial charge is 0.416 e. The molecule has 0 bridgehead atoms. The molecule has 0 spiro atoms. The lowest BCUT2D eigenvalue weighted by Crippen LogP contribution is -2.32. The molecule has 4 rings (SSSR count). The fourth-order valence-corrected chi connectivity index (χ4v) is 3.88. The molecule has 0 atom stereocenters. The summed E-state index contributed by atoms with van der Waals surface area (Å²) < 4.78 is 45.1. The number of amides is 2. The third kappa shape index (κ3) is 4.60. The molecule has 0 saturated carbocycles. The van der Waals surface area contributed by atoms with Crippen molar-refractivity contribution < 1.29 is 27.5 Å². The third-order valence-corrected chi connectivity index (χ3v) is 5.44. The zero-order valence-corrected chi connectivity index (χ0v) is 16.7. The second-order valence-electron chi connectivity index (χ2n) is 7.59. The highest BCUT2D eigenvalue weighted by molar-refractivity contribution is 6.06. The van der Waals surface area contributed by atoms with Crippen molar-refractivity contribution in [2.45, 2.75) is 32.0 Å². The SMILES string of the molecule is O=C1COc2cccc(C(=O)NCc3ccc(C(F)(F)F)cc3N3CCCCC3)c2N1. The first kappa shape index (κ1) is 21.0. The van der Waals surface area contributed by atoms with Gasteiger partial charge in [-0.3, -0.25) is 9.59 Å². The minimum atomic E-state index is -4.44. The number of anilines is 2. The highest BCUT2D eigenvalue weighted by atomic mass is 19.4. The molecule has 0 aromatic heterocycles. The van der Waals surface area contributed by atoms with Crippen LogP contribution in [-0.4, -0.2) is 31.5 Å². The van der Waals surface area contributed by atoms with Gasteiger partial charge in [0.25, 0.3) is 11.8 Å².